The number of nitrogens with zero attached hydrogens (tertiary/aromatic N) is 3. The molecule has 2 aromatic rings. The second kappa shape index (κ2) is 5.53. The fourth-order valence-electron chi connectivity index (χ4n) is 2.60. The molecular weight excluding hydrogens is 255 g/mol. The highest BCUT2D eigenvalue weighted by Crippen LogP contribution is 2.27. The third kappa shape index (κ3) is 2.48. The van der Waals surface area contributed by atoms with Gasteiger partial charge < -0.3 is 5.32 Å². The van der Waals surface area contributed by atoms with E-state index in [1.54, 1.807) is 6.07 Å². The maximum atomic E-state index is 13.0. The number of aromatic nitrogens is 3. The summed E-state index contributed by atoms with van der Waals surface area (Å²) in [6.45, 7) is 0. The van der Waals surface area contributed by atoms with Gasteiger partial charge in [-0.3, -0.25) is 0 Å². The normalized spacial score (nSPS) is 14.5. The van der Waals surface area contributed by atoms with Crippen LogP contribution in [0.1, 0.15) is 30.5 Å². The number of pyridine rings is 1. The smallest absolute Gasteiger partial charge is 0.180 e. The highest BCUT2D eigenvalue weighted by atomic mass is 19.1. The minimum absolute atomic E-state index is 0.350. The van der Waals surface area contributed by atoms with Gasteiger partial charge in [0.05, 0.1) is 6.20 Å². The zero-order valence-corrected chi connectivity index (χ0v) is 11.5. The van der Waals surface area contributed by atoms with Crippen LogP contribution < -0.4 is 5.32 Å². The summed E-state index contributed by atoms with van der Waals surface area (Å²) in [5.74, 6) is 1.09. The first-order valence-electron chi connectivity index (χ1n) is 6.97. The van der Waals surface area contributed by atoms with Crippen molar-refractivity contribution < 1.29 is 4.39 Å². The lowest BCUT2D eigenvalue weighted by Crippen LogP contribution is -2.07. The summed E-state index contributed by atoms with van der Waals surface area (Å²) in [6.07, 6.45) is 6.75. The lowest BCUT2D eigenvalue weighted by Gasteiger charge is -2.12. The average Bonchev–Trinajstić information content (AvgIpc) is 2.72. The molecule has 0 amide bonds. The van der Waals surface area contributed by atoms with Gasteiger partial charge in [-0.15, -0.1) is 0 Å². The summed E-state index contributed by atoms with van der Waals surface area (Å²) >= 11 is 0. The molecule has 0 saturated heterocycles. The van der Waals surface area contributed by atoms with Crippen molar-refractivity contribution in [3.8, 4) is 11.5 Å². The Morgan fingerprint density at radius 3 is 2.70 bits per heavy atom. The van der Waals surface area contributed by atoms with Crippen molar-refractivity contribution in [2.75, 3.05) is 12.4 Å². The van der Waals surface area contributed by atoms with E-state index in [1.807, 2.05) is 7.05 Å². The number of aryl methyl sites for hydroxylation is 1. The summed E-state index contributed by atoms with van der Waals surface area (Å²) in [6, 6.07) is 3.00. The standard InChI is InChI=1S/C15H17FN4/c1-17-14-11-5-3-2-4-6-12(11)19-15(20-14)13-8-7-10(16)9-18-13/h7-9H,2-6H2,1H3,(H,17,19,20). The van der Waals surface area contributed by atoms with Gasteiger partial charge >= 0.3 is 0 Å². The summed E-state index contributed by atoms with van der Waals surface area (Å²) in [5, 5.41) is 3.15. The number of anilines is 1. The Morgan fingerprint density at radius 2 is 1.95 bits per heavy atom. The van der Waals surface area contributed by atoms with E-state index < -0.39 is 0 Å². The predicted molar refractivity (Wildman–Crippen MR) is 76.0 cm³/mol. The quantitative estimate of drug-likeness (QED) is 0.854. The Hall–Kier alpha value is -2.04. The molecule has 1 N–H and O–H groups in total. The zero-order valence-electron chi connectivity index (χ0n) is 11.5. The van der Waals surface area contributed by atoms with Crippen LogP contribution >= 0.6 is 0 Å². The second-order valence-corrected chi connectivity index (χ2v) is 4.99. The van der Waals surface area contributed by atoms with E-state index in [4.69, 9.17) is 0 Å². The molecule has 1 aliphatic carbocycles. The van der Waals surface area contributed by atoms with Gasteiger partial charge in [0.2, 0.25) is 0 Å². The summed E-state index contributed by atoms with van der Waals surface area (Å²) in [5.41, 5.74) is 2.92. The third-order valence-corrected chi connectivity index (χ3v) is 3.63. The molecule has 0 atom stereocenters. The Labute approximate surface area is 117 Å². The fourth-order valence-corrected chi connectivity index (χ4v) is 2.60. The highest BCUT2D eigenvalue weighted by molar-refractivity contribution is 5.56. The van der Waals surface area contributed by atoms with Gasteiger partial charge in [-0.05, 0) is 37.8 Å². The van der Waals surface area contributed by atoms with Gasteiger partial charge in [0, 0.05) is 18.3 Å². The summed E-state index contributed by atoms with van der Waals surface area (Å²) < 4.78 is 13.0. The van der Waals surface area contributed by atoms with Gasteiger partial charge in [-0.1, -0.05) is 6.42 Å². The molecule has 0 unspecified atom stereocenters. The SMILES string of the molecule is CNc1nc(-c2ccc(F)cn2)nc2c1CCCCC2. The lowest BCUT2D eigenvalue weighted by atomic mass is 10.1. The van der Waals surface area contributed by atoms with E-state index in [-0.39, 0.29) is 5.82 Å². The first kappa shape index (κ1) is 13.0. The van der Waals surface area contributed by atoms with Crippen molar-refractivity contribution >= 4 is 5.82 Å². The fraction of sp³-hybridized carbons (Fsp3) is 0.400. The predicted octanol–water partition coefficient (Wildman–Crippen LogP) is 2.99. The molecule has 0 fully saturated rings. The monoisotopic (exact) mass is 272 g/mol. The third-order valence-electron chi connectivity index (χ3n) is 3.63. The molecule has 1 aliphatic rings. The Balaban J connectivity index is 2.08. The second-order valence-electron chi connectivity index (χ2n) is 4.99. The highest BCUT2D eigenvalue weighted by Gasteiger charge is 2.17. The number of hydrogen-bond donors (Lipinski definition) is 1. The maximum Gasteiger partial charge on any atom is 0.180 e. The Morgan fingerprint density at radius 1 is 1.10 bits per heavy atom. The topological polar surface area (TPSA) is 50.7 Å². The zero-order chi connectivity index (χ0) is 13.9. The van der Waals surface area contributed by atoms with Crippen molar-refractivity contribution in [1.82, 2.24) is 15.0 Å². The van der Waals surface area contributed by atoms with Crippen LogP contribution in [0, 0.1) is 5.82 Å². The van der Waals surface area contributed by atoms with Crippen LogP contribution in [-0.2, 0) is 12.8 Å². The van der Waals surface area contributed by atoms with Crippen LogP contribution in [0.25, 0.3) is 11.5 Å². The van der Waals surface area contributed by atoms with Gasteiger partial charge in [-0.25, -0.2) is 19.3 Å². The average molecular weight is 272 g/mol. The molecule has 0 spiro atoms. The van der Waals surface area contributed by atoms with Gasteiger partial charge in [0.1, 0.15) is 17.3 Å². The van der Waals surface area contributed by atoms with E-state index in [0.29, 0.717) is 11.5 Å². The molecule has 2 heterocycles. The molecule has 20 heavy (non-hydrogen) atoms. The van der Waals surface area contributed by atoms with Gasteiger partial charge in [-0.2, -0.15) is 0 Å². The number of fused-ring (bicyclic) bond motifs is 1. The largest absolute Gasteiger partial charge is 0.373 e. The Bertz CT molecular complexity index is 610. The molecule has 0 radical (unpaired) electrons. The van der Waals surface area contributed by atoms with Crippen molar-refractivity contribution in [3.05, 3.63) is 35.4 Å². The van der Waals surface area contributed by atoms with Crippen molar-refractivity contribution in [3.63, 3.8) is 0 Å². The minimum Gasteiger partial charge on any atom is -0.373 e. The first-order valence-corrected chi connectivity index (χ1v) is 6.97. The molecule has 5 heteroatoms. The number of hydrogen-bond acceptors (Lipinski definition) is 4. The molecule has 0 aromatic carbocycles. The minimum atomic E-state index is -0.350. The van der Waals surface area contributed by atoms with E-state index in [9.17, 15) is 4.39 Å². The van der Waals surface area contributed by atoms with Crippen molar-refractivity contribution in [2.45, 2.75) is 32.1 Å². The van der Waals surface area contributed by atoms with E-state index in [2.05, 4.69) is 20.3 Å². The van der Waals surface area contributed by atoms with Crippen LogP contribution in [-0.4, -0.2) is 22.0 Å². The van der Waals surface area contributed by atoms with Gasteiger partial charge in [0.15, 0.2) is 5.82 Å². The molecule has 104 valence electrons. The van der Waals surface area contributed by atoms with Gasteiger partial charge in [0.25, 0.3) is 0 Å². The van der Waals surface area contributed by atoms with Crippen LogP contribution in [0.3, 0.4) is 0 Å². The van der Waals surface area contributed by atoms with Crippen molar-refractivity contribution in [2.24, 2.45) is 0 Å². The molecule has 4 nitrogen and oxygen atoms in total. The maximum absolute atomic E-state index is 13.0. The van der Waals surface area contributed by atoms with E-state index in [0.717, 1.165) is 30.8 Å². The molecule has 0 bridgehead atoms. The summed E-state index contributed by atoms with van der Waals surface area (Å²) in [7, 11) is 1.87. The lowest BCUT2D eigenvalue weighted by molar-refractivity contribution is 0.621. The van der Waals surface area contributed by atoms with E-state index >= 15 is 0 Å². The molecule has 3 rings (SSSR count). The number of halogens is 1. The van der Waals surface area contributed by atoms with E-state index in [1.165, 1.54) is 30.7 Å². The van der Waals surface area contributed by atoms with Crippen molar-refractivity contribution in [1.29, 1.82) is 0 Å². The van der Waals surface area contributed by atoms with Crippen LogP contribution in [0.15, 0.2) is 18.3 Å². The molecule has 0 aliphatic heterocycles. The number of nitrogens with one attached hydrogen (secondary N) is 1. The Kier molecular flexibility index (Phi) is 3.58. The first-order chi connectivity index (χ1) is 9.78. The summed E-state index contributed by atoms with van der Waals surface area (Å²) in [4.78, 5) is 13.3. The molecule has 2 aromatic heterocycles. The molecule has 0 saturated carbocycles. The van der Waals surface area contributed by atoms with Crippen LogP contribution in [0.5, 0.6) is 0 Å². The van der Waals surface area contributed by atoms with Crippen LogP contribution in [0.2, 0.25) is 0 Å². The van der Waals surface area contributed by atoms with Crippen LogP contribution in [0.4, 0.5) is 10.2 Å². The molecular formula is C15H17FN4. The number of rotatable bonds is 2.